The zero-order valence-corrected chi connectivity index (χ0v) is 14.3. The van der Waals surface area contributed by atoms with Gasteiger partial charge in [0.15, 0.2) is 6.10 Å². The predicted molar refractivity (Wildman–Crippen MR) is 93.2 cm³/mol. The van der Waals surface area contributed by atoms with E-state index < -0.39 is 18.0 Å². The number of halogens is 1. The fourth-order valence-corrected chi connectivity index (χ4v) is 2.27. The van der Waals surface area contributed by atoms with Gasteiger partial charge in [-0.25, -0.2) is 4.79 Å². The highest BCUT2D eigenvalue weighted by Gasteiger charge is 2.21. The topological polar surface area (TPSA) is 105 Å². The molecule has 0 bridgehead atoms. The number of nitrogens with one attached hydrogen (secondary N) is 1. The maximum absolute atomic E-state index is 12.2. The Balaban J connectivity index is 2.07. The molecule has 2 rings (SSSR count). The molecule has 7 heteroatoms. The Labute approximate surface area is 147 Å². The van der Waals surface area contributed by atoms with Crippen LogP contribution < -0.4 is 11.1 Å². The van der Waals surface area contributed by atoms with E-state index in [4.69, 9.17) is 15.7 Å². The molecule has 0 unspecified atom stereocenters. The number of rotatable bonds is 4. The Bertz CT molecular complexity index is 830. The fourth-order valence-electron chi connectivity index (χ4n) is 1.91. The van der Waals surface area contributed by atoms with Gasteiger partial charge in [0, 0.05) is 10.2 Å². The molecule has 0 saturated carbocycles. The van der Waals surface area contributed by atoms with Crippen molar-refractivity contribution in [1.29, 1.82) is 5.26 Å². The van der Waals surface area contributed by atoms with E-state index in [2.05, 4.69) is 21.2 Å². The van der Waals surface area contributed by atoms with Crippen molar-refractivity contribution >= 4 is 39.2 Å². The summed E-state index contributed by atoms with van der Waals surface area (Å²) in [6.07, 6.45) is -1.05. The van der Waals surface area contributed by atoms with E-state index in [0.29, 0.717) is 15.7 Å². The molecule has 6 nitrogen and oxygen atoms in total. The second-order valence-electron chi connectivity index (χ2n) is 4.93. The zero-order valence-electron chi connectivity index (χ0n) is 12.7. The number of carbonyl (C=O) groups is 2. The van der Waals surface area contributed by atoms with Crippen molar-refractivity contribution in [2.24, 2.45) is 0 Å². The fraction of sp³-hybridized carbons (Fsp3) is 0.118. The minimum atomic E-state index is -1.05. The third kappa shape index (κ3) is 4.12. The first-order valence-electron chi connectivity index (χ1n) is 6.98. The molecular weight excluding hydrogens is 374 g/mol. The second kappa shape index (κ2) is 7.62. The second-order valence-corrected chi connectivity index (χ2v) is 5.84. The average molecular weight is 388 g/mol. The lowest BCUT2D eigenvalue weighted by atomic mass is 10.2. The molecule has 0 aliphatic rings. The standard InChI is InChI=1S/C17H14BrN3O3/c1-10(16(22)21-15-5-3-2-4-11(15)9-19)24-17(23)13-8-12(18)6-7-14(13)20/h2-8,10H,20H2,1H3,(H,21,22)/t10-/m0/s1. The molecule has 0 saturated heterocycles. The first kappa shape index (κ1) is 17.5. The number of hydrogen-bond acceptors (Lipinski definition) is 5. The van der Waals surface area contributed by atoms with Crippen LogP contribution in [0.2, 0.25) is 0 Å². The summed E-state index contributed by atoms with van der Waals surface area (Å²) in [4.78, 5) is 24.3. The van der Waals surface area contributed by atoms with Gasteiger partial charge < -0.3 is 15.8 Å². The van der Waals surface area contributed by atoms with E-state index >= 15 is 0 Å². The third-order valence-corrected chi connectivity index (χ3v) is 3.69. The van der Waals surface area contributed by atoms with Crippen molar-refractivity contribution in [1.82, 2.24) is 0 Å². The summed E-state index contributed by atoms with van der Waals surface area (Å²) in [5.74, 6) is -1.25. The van der Waals surface area contributed by atoms with Gasteiger partial charge in [0.25, 0.3) is 5.91 Å². The molecule has 1 amide bonds. The smallest absolute Gasteiger partial charge is 0.341 e. The number of carbonyl (C=O) groups excluding carboxylic acids is 2. The number of esters is 1. The monoisotopic (exact) mass is 387 g/mol. The minimum Gasteiger partial charge on any atom is -0.449 e. The van der Waals surface area contributed by atoms with Crippen LogP contribution in [0.1, 0.15) is 22.8 Å². The molecule has 2 aromatic rings. The van der Waals surface area contributed by atoms with Gasteiger partial charge in [-0.05, 0) is 37.3 Å². The maximum atomic E-state index is 12.2. The Hall–Kier alpha value is -2.85. The van der Waals surface area contributed by atoms with Crippen LogP contribution in [0.3, 0.4) is 0 Å². The quantitative estimate of drug-likeness (QED) is 0.619. The van der Waals surface area contributed by atoms with Crippen LogP contribution in [0.15, 0.2) is 46.9 Å². The van der Waals surface area contributed by atoms with Gasteiger partial charge in [-0.1, -0.05) is 28.1 Å². The highest BCUT2D eigenvalue weighted by atomic mass is 79.9. The van der Waals surface area contributed by atoms with E-state index in [1.807, 2.05) is 6.07 Å². The van der Waals surface area contributed by atoms with Gasteiger partial charge in [0.2, 0.25) is 0 Å². The molecule has 0 heterocycles. The summed E-state index contributed by atoms with van der Waals surface area (Å²) in [6.45, 7) is 1.44. The summed E-state index contributed by atoms with van der Waals surface area (Å²) in [5, 5.41) is 11.6. The number of benzene rings is 2. The normalized spacial score (nSPS) is 11.2. The van der Waals surface area contributed by atoms with Gasteiger partial charge >= 0.3 is 5.97 Å². The molecule has 0 aromatic heterocycles. The van der Waals surface area contributed by atoms with E-state index in [9.17, 15) is 9.59 Å². The molecule has 122 valence electrons. The number of ether oxygens (including phenoxy) is 1. The molecule has 3 N–H and O–H groups in total. The van der Waals surface area contributed by atoms with Crippen molar-refractivity contribution < 1.29 is 14.3 Å². The molecule has 0 aliphatic carbocycles. The number of anilines is 2. The summed E-state index contributed by atoms with van der Waals surface area (Å²) < 4.78 is 5.82. The Morgan fingerprint density at radius 3 is 2.71 bits per heavy atom. The van der Waals surface area contributed by atoms with Crippen LogP contribution in [-0.2, 0) is 9.53 Å². The Kier molecular flexibility index (Phi) is 5.55. The maximum Gasteiger partial charge on any atom is 0.341 e. The van der Waals surface area contributed by atoms with Gasteiger partial charge in [0.1, 0.15) is 6.07 Å². The van der Waals surface area contributed by atoms with Gasteiger partial charge in [-0.2, -0.15) is 5.26 Å². The summed E-state index contributed by atoms with van der Waals surface area (Å²) in [5.41, 5.74) is 6.84. The van der Waals surface area contributed by atoms with Crippen LogP contribution in [0.4, 0.5) is 11.4 Å². The predicted octanol–water partition coefficient (Wildman–Crippen LogP) is 3.09. The summed E-state index contributed by atoms with van der Waals surface area (Å²) in [7, 11) is 0. The van der Waals surface area contributed by atoms with Gasteiger partial charge in [-0.3, -0.25) is 4.79 Å². The van der Waals surface area contributed by atoms with Crippen molar-refractivity contribution in [2.75, 3.05) is 11.1 Å². The van der Waals surface area contributed by atoms with Gasteiger partial charge in [-0.15, -0.1) is 0 Å². The van der Waals surface area contributed by atoms with Crippen molar-refractivity contribution in [3.63, 3.8) is 0 Å². The number of para-hydroxylation sites is 1. The molecule has 0 aliphatic heterocycles. The highest BCUT2D eigenvalue weighted by molar-refractivity contribution is 9.10. The van der Waals surface area contributed by atoms with Crippen LogP contribution in [0.25, 0.3) is 0 Å². The largest absolute Gasteiger partial charge is 0.449 e. The molecule has 1 atom stereocenters. The third-order valence-electron chi connectivity index (χ3n) is 3.19. The highest BCUT2D eigenvalue weighted by Crippen LogP contribution is 2.20. The summed E-state index contributed by atoms with van der Waals surface area (Å²) in [6, 6.07) is 13.3. The number of nitrogens with zero attached hydrogens (tertiary/aromatic N) is 1. The van der Waals surface area contributed by atoms with Crippen molar-refractivity contribution in [2.45, 2.75) is 13.0 Å². The number of hydrogen-bond donors (Lipinski definition) is 2. The van der Waals surface area contributed by atoms with Crippen molar-refractivity contribution in [3.8, 4) is 6.07 Å². The van der Waals surface area contributed by atoms with Crippen LogP contribution >= 0.6 is 15.9 Å². The number of nitrogen functional groups attached to an aromatic ring is 1. The molecular formula is C17H14BrN3O3. The first-order chi connectivity index (χ1) is 11.4. The zero-order chi connectivity index (χ0) is 17.7. The first-order valence-corrected chi connectivity index (χ1v) is 7.77. The molecule has 0 fully saturated rings. The van der Waals surface area contributed by atoms with E-state index in [1.165, 1.54) is 13.0 Å². The van der Waals surface area contributed by atoms with Crippen LogP contribution in [-0.4, -0.2) is 18.0 Å². The van der Waals surface area contributed by atoms with E-state index in [1.54, 1.807) is 36.4 Å². The number of nitrogens with two attached hydrogens (primary N) is 1. The van der Waals surface area contributed by atoms with Gasteiger partial charge in [0.05, 0.1) is 16.8 Å². The number of amides is 1. The molecule has 2 aromatic carbocycles. The lowest BCUT2D eigenvalue weighted by molar-refractivity contribution is -0.123. The van der Waals surface area contributed by atoms with E-state index in [0.717, 1.165) is 0 Å². The molecule has 0 spiro atoms. The average Bonchev–Trinajstić information content (AvgIpc) is 2.57. The van der Waals surface area contributed by atoms with Crippen LogP contribution in [0.5, 0.6) is 0 Å². The Morgan fingerprint density at radius 1 is 1.29 bits per heavy atom. The minimum absolute atomic E-state index is 0.168. The van der Waals surface area contributed by atoms with E-state index in [-0.39, 0.29) is 11.3 Å². The SMILES string of the molecule is C[C@H](OC(=O)c1cc(Br)ccc1N)C(=O)Nc1ccccc1C#N. The Morgan fingerprint density at radius 2 is 2.00 bits per heavy atom. The molecule has 0 radical (unpaired) electrons. The molecule has 24 heavy (non-hydrogen) atoms. The summed E-state index contributed by atoms with van der Waals surface area (Å²) >= 11 is 3.25. The van der Waals surface area contributed by atoms with Crippen molar-refractivity contribution in [3.05, 3.63) is 58.1 Å². The number of nitriles is 1. The van der Waals surface area contributed by atoms with Crippen LogP contribution in [0, 0.1) is 11.3 Å². The lowest BCUT2D eigenvalue weighted by Crippen LogP contribution is -2.30. The lowest BCUT2D eigenvalue weighted by Gasteiger charge is -2.15.